The quantitative estimate of drug-likeness (QED) is 0.138. The first-order chi connectivity index (χ1) is 20.4. The Balaban J connectivity index is 1.40. The zero-order valence-corrected chi connectivity index (χ0v) is 28.8. The van der Waals surface area contributed by atoms with E-state index in [1.54, 1.807) is 7.11 Å². The number of rotatable bonds is 12. The Labute approximate surface area is 261 Å². The van der Waals surface area contributed by atoms with Crippen molar-refractivity contribution in [2.75, 3.05) is 13.7 Å². The van der Waals surface area contributed by atoms with Gasteiger partial charge in [0.2, 0.25) is 0 Å². The molecule has 1 saturated carbocycles. The van der Waals surface area contributed by atoms with Crippen LogP contribution in [0.25, 0.3) is 5.57 Å². The summed E-state index contributed by atoms with van der Waals surface area (Å²) in [5, 5.41) is 0.160. The van der Waals surface area contributed by atoms with Crippen LogP contribution in [0.1, 0.15) is 95.8 Å². The van der Waals surface area contributed by atoms with Crippen LogP contribution < -0.4 is 4.74 Å². The molecule has 3 aliphatic carbocycles. The van der Waals surface area contributed by atoms with Crippen molar-refractivity contribution in [1.82, 2.24) is 0 Å². The van der Waals surface area contributed by atoms with Crippen LogP contribution in [0.5, 0.6) is 5.75 Å². The van der Waals surface area contributed by atoms with Gasteiger partial charge in [0.1, 0.15) is 12.0 Å². The highest BCUT2D eigenvalue weighted by molar-refractivity contribution is 6.74. The minimum atomic E-state index is -1.96. The predicted molar refractivity (Wildman–Crippen MR) is 179 cm³/mol. The standard InChI is InChI=1S/C38H54O4Si/c1-36(2,3)43(6,7)42-34-20-19-33-37(34,4)25-30(16-12-9-13-23-41-26-28-14-10-8-11-15-28)35-32-18-17-31(40-5)24-29(32)21-22-38(33,35)27-39/h8,10-11,14-15,17-18,24,27,33-34H,9,12-13,16,19-23,25-26H2,1-7H3/t33-,34+,37+,38-/m1/s1. The second kappa shape index (κ2) is 12.7. The summed E-state index contributed by atoms with van der Waals surface area (Å²) in [6.07, 6.45) is 10.8. The SMILES string of the molecule is COc1ccc2c(c1)CC[C@]1(C=O)C2=C(CCCCCOCc2ccccc2)C[C@]2(C)[C@@H](O[Si](C)(C)C(C)(C)C)CC[C@H]21. The summed E-state index contributed by atoms with van der Waals surface area (Å²) in [7, 11) is -0.225. The first kappa shape index (κ1) is 32.2. The molecule has 0 aliphatic heterocycles. The molecular weight excluding hydrogens is 549 g/mol. The van der Waals surface area contributed by atoms with E-state index in [9.17, 15) is 4.79 Å². The number of ether oxygens (including phenoxy) is 2. The summed E-state index contributed by atoms with van der Waals surface area (Å²) in [5.41, 5.74) is 6.22. The molecule has 5 heteroatoms. The third kappa shape index (κ3) is 6.19. The van der Waals surface area contributed by atoms with E-state index in [4.69, 9.17) is 13.9 Å². The van der Waals surface area contributed by atoms with E-state index in [2.05, 4.69) is 83.3 Å². The molecule has 0 bridgehead atoms. The number of aldehydes is 1. The molecule has 0 saturated heterocycles. The molecule has 1 fully saturated rings. The average Bonchev–Trinajstić information content (AvgIpc) is 3.31. The molecule has 2 aromatic rings. The molecule has 0 N–H and O–H groups in total. The fraction of sp³-hybridized carbons (Fsp3) is 0.605. The summed E-state index contributed by atoms with van der Waals surface area (Å²) in [5.74, 6) is 1.21. The molecule has 4 atom stereocenters. The zero-order valence-electron chi connectivity index (χ0n) is 27.8. The number of carbonyl (C=O) groups is 1. The van der Waals surface area contributed by atoms with Crippen molar-refractivity contribution >= 4 is 20.2 Å². The molecule has 5 rings (SSSR count). The van der Waals surface area contributed by atoms with Gasteiger partial charge in [-0.3, -0.25) is 0 Å². The Bertz CT molecular complexity index is 1310. The molecule has 0 heterocycles. The van der Waals surface area contributed by atoms with Gasteiger partial charge >= 0.3 is 0 Å². The Hall–Kier alpha value is -2.21. The van der Waals surface area contributed by atoms with Crippen LogP contribution in [0.4, 0.5) is 0 Å². The topological polar surface area (TPSA) is 44.8 Å². The molecule has 0 spiro atoms. The molecule has 2 aromatic carbocycles. The molecule has 0 aromatic heterocycles. The van der Waals surface area contributed by atoms with Gasteiger partial charge in [-0.15, -0.1) is 0 Å². The van der Waals surface area contributed by atoms with Gasteiger partial charge in [0.05, 0.1) is 25.2 Å². The molecule has 0 unspecified atom stereocenters. The van der Waals surface area contributed by atoms with Gasteiger partial charge < -0.3 is 18.7 Å². The summed E-state index contributed by atoms with van der Waals surface area (Å²) < 4.78 is 18.8. The highest BCUT2D eigenvalue weighted by Gasteiger charge is 2.62. The number of allylic oxidation sites excluding steroid dienone is 2. The third-order valence-electron chi connectivity index (χ3n) is 11.5. The van der Waals surface area contributed by atoms with Crippen molar-refractivity contribution in [3.8, 4) is 5.75 Å². The van der Waals surface area contributed by atoms with Gasteiger partial charge in [0, 0.05) is 12.0 Å². The maximum Gasteiger partial charge on any atom is 0.192 e. The van der Waals surface area contributed by atoms with Gasteiger partial charge in [0.15, 0.2) is 8.32 Å². The fourth-order valence-electron chi connectivity index (χ4n) is 8.19. The monoisotopic (exact) mass is 602 g/mol. The maximum atomic E-state index is 13.5. The summed E-state index contributed by atoms with van der Waals surface area (Å²) in [4.78, 5) is 13.5. The number of hydrogen-bond acceptors (Lipinski definition) is 4. The van der Waals surface area contributed by atoms with Crippen molar-refractivity contribution in [2.45, 2.75) is 116 Å². The lowest BCUT2D eigenvalue weighted by Gasteiger charge is -2.55. The van der Waals surface area contributed by atoms with E-state index in [1.807, 2.05) is 6.07 Å². The third-order valence-corrected chi connectivity index (χ3v) is 16.0. The van der Waals surface area contributed by atoms with E-state index < -0.39 is 13.7 Å². The molecule has 0 radical (unpaired) electrons. The van der Waals surface area contributed by atoms with E-state index in [-0.39, 0.29) is 16.6 Å². The Morgan fingerprint density at radius 3 is 2.49 bits per heavy atom. The number of unbranched alkanes of at least 4 members (excludes halogenated alkanes) is 2. The number of benzene rings is 2. The van der Waals surface area contributed by atoms with Crippen molar-refractivity contribution in [3.05, 3.63) is 70.8 Å². The van der Waals surface area contributed by atoms with Crippen LogP contribution in [0.3, 0.4) is 0 Å². The van der Waals surface area contributed by atoms with Crippen LogP contribution in [0.2, 0.25) is 18.1 Å². The largest absolute Gasteiger partial charge is 0.497 e. The van der Waals surface area contributed by atoms with Crippen molar-refractivity contribution in [1.29, 1.82) is 0 Å². The average molecular weight is 603 g/mol. The van der Waals surface area contributed by atoms with Crippen LogP contribution in [0.15, 0.2) is 54.1 Å². The lowest BCUT2D eigenvalue weighted by atomic mass is 9.50. The second-order valence-corrected chi connectivity index (χ2v) is 19.9. The lowest BCUT2D eigenvalue weighted by molar-refractivity contribution is -0.120. The highest BCUT2D eigenvalue weighted by atomic mass is 28.4. The minimum absolute atomic E-state index is 0.0297. The molecule has 43 heavy (non-hydrogen) atoms. The number of methoxy groups -OCH3 is 1. The first-order valence-corrected chi connectivity index (χ1v) is 19.5. The molecular formula is C38H54O4Si. The Kier molecular flexibility index (Phi) is 9.47. The fourth-order valence-corrected chi connectivity index (χ4v) is 9.64. The van der Waals surface area contributed by atoms with Gasteiger partial charge in [-0.25, -0.2) is 0 Å². The molecule has 3 aliphatic rings. The number of carbonyl (C=O) groups excluding carboxylic acids is 1. The minimum Gasteiger partial charge on any atom is -0.497 e. The summed E-state index contributed by atoms with van der Waals surface area (Å²) in [6.45, 7) is 15.7. The number of fused-ring (bicyclic) bond motifs is 5. The van der Waals surface area contributed by atoms with E-state index in [1.165, 1.54) is 34.1 Å². The van der Waals surface area contributed by atoms with E-state index in [0.29, 0.717) is 12.5 Å². The predicted octanol–water partition coefficient (Wildman–Crippen LogP) is 9.57. The molecule has 234 valence electrons. The van der Waals surface area contributed by atoms with Gasteiger partial charge in [-0.05, 0) is 110 Å². The second-order valence-electron chi connectivity index (χ2n) is 15.2. The summed E-state index contributed by atoms with van der Waals surface area (Å²) in [6, 6.07) is 16.9. The number of hydrogen-bond donors (Lipinski definition) is 0. The van der Waals surface area contributed by atoms with Gasteiger partial charge in [-0.2, -0.15) is 0 Å². The lowest BCUT2D eigenvalue weighted by Crippen LogP contribution is -2.53. The van der Waals surface area contributed by atoms with Crippen molar-refractivity contribution in [2.24, 2.45) is 16.7 Å². The first-order valence-electron chi connectivity index (χ1n) is 16.6. The van der Waals surface area contributed by atoms with Crippen LogP contribution in [-0.2, 0) is 27.0 Å². The molecule has 0 amide bonds. The maximum absolute atomic E-state index is 13.5. The Morgan fingerprint density at radius 1 is 1.02 bits per heavy atom. The normalized spacial score (nSPS) is 27.0. The zero-order chi connectivity index (χ0) is 30.9. The van der Waals surface area contributed by atoms with Crippen molar-refractivity contribution in [3.63, 3.8) is 0 Å². The van der Waals surface area contributed by atoms with Crippen molar-refractivity contribution < 1.29 is 18.7 Å². The van der Waals surface area contributed by atoms with Crippen LogP contribution >= 0.6 is 0 Å². The van der Waals surface area contributed by atoms with Gasteiger partial charge in [-0.1, -0.05) is 76.1 Å². The van der Waals surface area contributed by atoms with E-state index in [0.717, 1.165) is 70.1 Å². The van der Waals surface area contributed by atoms with Crippen LogP contribution in [-0.4, -0.2) is 34.4 Å². The Morgan fingerprint density at radius 2 is 1.79 bits per heavy atom. The molecule has 4 nitrogen and oxygen atoms in total. The summed E-state index contributed by atoms with van der Waals surface area (Å²) >= 11 is 0. The number of aryl methyl sites for hydroxylation is 1. The smallest absolute Gasteiger partial charge is 0.192 e. The van der Waals surface area contributed by atoms with Gasteiger partial charge in [0.25, 0.3) is 0 Å². The van der Waals surface area contributed by atoms with Crippen LogP contribution in [0, 0.1) is 16.7 Å². The highest BCUT2D eigenvalue weighted by Crippen LogP contribution is 2.67. The van der Waals surface area contributed by atoms with E-state index >= 15 is 0 Å².